The summed E-state index contributed by atoms with van der Waals surface area (Å²) in [5, 5.41) is 0.905. The summed E-state index contributed by atoms with van der Waals surface area (Å²) in [7, 11) is -1.85. The van der Waals surface area contributed by atoms with Crippen LogP contribution in [0.5, 0.6) is 0 Å². The smallest absolute Gasteiger partial charge is 0.261 e. The van der Waals surface area contributed by atoms with Gasteiger partial charge in [-0.2, -0.15) is 4.31 Å². The molecule has 0 unspecified atom stereocenters. The van der Waals surface area contributed by atoms with Crippen LogP contribution in [0, 0.1) is 0 Å². The van der Waals surface area contributed by atoms with Gasteiger partial charge in [0.2, 0.25) is 0 Å². The Kier molecular flexibility index (Phi) is 4.94. The van der Waals surface area contributed by atoms with E-state index in [1.54, 1.807) is 17.8 Å². The van der Waals surface area contributed by atoms with Gasteiger partial charge in [0.25, 0.3) is 10.0 Å². The first-order valence-corrected chi connectivity index (χ1v) is 7.62. The molecule has 1 aromatic heterocycles. The van der Waals surface area contributed by atoms with Gasteiger partial charge in [0.15, 0.2) is 5.03 Å². The largest absolute Gasteiger partial charge is 0.336 e. The Labute approximate surface area is 105 Å². The molecule has 7 heteroatoms. The Morgan fingerprint density at radius 3 is 2.75 bits per heavy atom. The van der Waals surface area contributed by atoms with Crippen molar-refractivity contribution < 1.29 is 8.42 Å². The molecular formula is C9H16BrN3O2S. The van der Waals surface area contributed by atoms with E-state index in [2.05, 4.69) is 20.9 Å². The molecule has 0 aromatic carbocycles. The SMILES string of the molecule is CCn1cnc(S(=O)(=O)N(C)CCCBr)c1. The van der Waals surface area contributed by atoms with E-state index < -0.39 is 10.0 Å². The molecular weight excluding hydrogens is 294 g/mol. The first-order chi connectivity index (χ1) is 7.52. The second-order valence-electron chi connectivity index (χ2n) is 3.41. The summed E-state index contributed by atoms with van der Waals surface area (Å²) in [6.45, 7) is 3.15. The lowest BCUT2D eigenvalue weighted by Gasteiger charge is -2.14. The van der Waals surface area contributed by atoms with E-state index >= 15 is 0 Å². The first kappa shape index (κ1) is 13.7. The second kappa shape index (κ2) is 5.79. The van der Waals surface area contributed by atoms with Crippen molar-refractivity contribution in [3.63, 3.8) is 0 Å². The highest BCUT2D eigenvalue weighted by Crippen LogP contribution is 2.12. The molecule has 0 saturated carbocycles. The molecule has 0 aliphatic heterocycles. The molecule has 5 nitrogen and oxygen atoms in total. The van der Waals surface area contributed by atoms with Crippen LogP contribution >= 0.6 is 15.9 Å². The maximum atomic E-state index is 12.0. The third-order valence-electron chi connectivity index (χ3n) is 2.26. The minimum absolute atomic E-state index is 0.117. The van der Waals surface area contributed by atoms with Crippen molar-refractivity contribution in [2.45, 2.75) is 24.9 Å². The average molecular weight is 310 g/mol. The van der Waals surface area contributed by atoms with Crippen LogP contribution in [0.2, 0.25) is 0 Å². The van der Waals surface area contributed by atoms with Gasteiger partial charge in [-0.3, -0.25) is 0 Å². The van der Waals surface area contributed by atoms with Crippen LogP contribution in [0.3, 0.4) is 0 Å². The Bertz CT molecular complexity index is 430. The summed E-state index contributed by atoms with van der Waals surface area (Å²) in [4.78, 5) is 3.91. The molecule has 0 atom stereocenters. The van der Waals surface area contributed by atoms with Crippen molar-refractivity contribution in [1.29, 1.82) is 0 Å². The van der Waals surface area contributed by atoms with Crippen LogP contribution in [-0.4, -0.2) is 41.2 Å². The van der Waals surface area contributed by atoms with Gasteiger partial charge < -0.3 is 4.57 Å². The van der Waals surface area contributed by atoms with Gasteiger partial charge in [0.05, 0.1) is 6.33 Å². The summed E-state index contributed by atoms with van der Waals surface area (Å²) in [5.74, 6) is 0. The number of halogens is 1. The maximum Gasteiger partial charge on any atom is 0.261 e. The Hall–Kier alpha value is -0.400. The van der Waals surface area contributed by atoms with Crippen LogP contribution in [0.15, 0.2) is 17.6 Å². The van der Waals surface area contributed by atoms with E-state index in [4.69, 9.17) is 0 Å². The highest BCUT2D eigenvalue weighted by molar-refractivity contribution is 9.09. The summed E-state index contributed by atoms with van der Waals surface area (Å²) in [6.07, 6.45) is 3.87. The Balaban J connectivity index is 2.84. The molecule has 1 aromatic rings. The predicted molar refractivity (Wildman–Crippen MR) is 66.1 cm³/mol. The molecule has 0 fully saturated rings. The van der Waals surface area contributed by atoms with Crippen molar-refractivity contribution >= 4 is 26.0 Å². The number of rotatable bonds is 6. The molecule has 1 heterocycles. The Morgan fingerprint density at radius 1 is 1.56 bits per heavy atom. The fraction of sp³-hybridized carbons (Fsp3) is 0.667. The minimum Gasteiger partial charge on any atom is -0.336 e. The van der Waals surface area contributed by atoms with E-state index in [-0.39, 0.29) is 5.03 Å². The van der Waals surface area contributed by atoms with Crippen LogP contribution < -0.4 is 0 Å². The number of sulfonamides is 1. The second-order valence-corrected chi connectivity index (χ2v) is 6.20. The third kappa shape index (κ3) is 3.05. The summed E-state index contributed by atoms with van der Waals surface area (Å²) in [6, 6.07) is 0. The molecule has 0 aliphatic carbocycles. The van der Waals surface area contributed by atoms with E-state index in [1.165, 1.54) is 10.6 Å². The number of nitrogens with zero attached hydrogens (tertiary/aromatic N) is 3. The molecule has 0 saturated heterocycles. The lowest BCUT2D eigenvalue weighted by Crippen LogP contribution is -2.28. The van der Waals surface area contributed by atoms with Crippen molar-refractivity contribution in [2.75, 3.05) is 18.9 Å². The summed E-state index contributed by atoms with van der Waals surface area (Å²) in [5.41, 5.74) is 0. The van der Waals surface area contributed by atoms with Gasteiger partial charge in [-0.1, -0.05) is 15.9 Å². The standard InChI is InChI=1S/C9H16BrN3O2S/c1-3-13-7-9(11-8-13)16(14,15)12(2)6-4-5-10/h7-8H,3-6H2,1-2H3. The van der Waals surface area contributed by atoms with E-state index in [1.807, 2.05) is 6.92 Å². The highest BCUT2D eigenvalue weighted by Gasteiger charge is 2.22. The number of aryl methyl sites for hydroxylation is 1. The van der Waals surface area contributed by atoms with Crippen molar-refractivity contribution in [2.24, 2.45) is 0 Å². The van der Waals surface area contributed by atoms with Gasteiger partial charge in [-0.15, -0.1) is 0 Å². The number of hydrogen-bond donors (Lipinski definition) is 0. The summed E-state index contributed by atoms with van der Waals surface area (Å²) >= 11 is 3.27. The molecule has 0 spiro atoms. The third-order valence-corrected chi connectivity index (χ3v) is 4.56. The van der Waals surface area contributed by atoms with Crippen LogP contribution in [0.25, 0.3) is 0 Å². The zero-order valence-electron chi connectivity index (χ0n) is 9.43. The highest BCUT2D eigenvalue weighted by atomic mass is 79.9. The normalized spacial score (nSPS) is 12.2. The minimum atomic E-state index is -3.42. The van der Waals surface area contributed by atoms with Gasteiger partial charge >= 0.3 is 0 Å². The monoisotopic (exact) mass is 309 g/mol. The molecule has 0 aliphatic rings. The quantitative estimate of drug-likeness (QED) is 0.745. The molecule has 0 amide bonds. The topological polar surface area (TPSA) is 55.2 Å². The van der Waals surface area contributed by atoms with Gasteiger partial charge in [0, 0.05) is 31.7 Å². The van der Waals surface area contributed by atoms with E-state index in [0.717, 1.165) is 11.8 Å². The zero-order valence-corrected chi connectivity index (χ0v) is 11.8. The lowest BCUT2D eigenvalue weighted by atomic mass is 10.5. The fourth-order valence-electron chi connectivity index (χ4n) is 1.21. The van der Waals surface area contributed by atoms with Crippen molar-refractivity contribution in [3.05, 3.63) is 12.5 Å². The number of hydrogen-bond acceptors (Lipinski definition) is 3. The van der Waals surface area contributed by atoms with Crippen molar-refractivity contribution in [3.8, 4) is 0 Å². The molecule has 16 heavy (non-hydrogen) atoms. The van der Waals surface area contributed by atoms with E-state index in [9.17, 15) is 8.42 Å². The number of imidazole rings is 1. The zero-order chi connectivity index (χ0) is 12.2. The number of alkyl halides is 1. The average Bonchev–Trinajstić information content (AvgIpc) is 2.74. The van der Waals surface area contributed by atoms with Crippen LogP contribution in [-0.2, 0) is 16.6 Å². The lowest BCUT2D eigenvalue weighted by molar-refractivity contribution is 0.467. The Morgan fingerprint density at radius 2 is 2.25 bits per heavy atom. The fourth-order valence-corrected chi connectivity index (χ4v) is 2.60. The van der Waals surface area contributed by atoms with E-state index in [0.29, 0.717) is 13.1 Å². The number of aromatic nitrogens is 2. The van der Waals surface area contributed by atoms with Gasteiger partial charge in [-0.25, -0.2) is 13.4 Å². The predicted octanol–water partition coefficient (Wildman–Crippen LogP) is 1.31. The first-order valence-electron chi connectivity index (χ1n) is 5.06. The molecule has 0 bridgehead atoms. The van der Waals surface area contributed by atoms with Gasteiger partial charge in [-0.05, 0) is 13.3 Å². The molecule has 0 N–H and O–H groups in total. The molecule has 0 radical (unpaired) electrons. The van der Waals surface area contributed by atoms with Gasteiger partial charge in [0.1, 0.15) is 0 Å². The van der Waals surface area contributed by atoms with Crippen molar-refractivity contribution in [1.82, 2.24) is 13.9 Å². The van der Waals surface area contributed by atoms with Crippen LogP contribution in [0.1, 0.15) is 13.3 Å². The summed E-state index contributed by atoms with van der Waals surface area (Å²) < 4.78 is 27.1. The molecule has 92 valence electrons. The van der Waals surface area contributed by atoms with Crippen LogP contribution in [0.4, 0.5) is 0 Å². The maximum absolute atomic E-state index is 12.0. The molecule has 1 rings (SSSR count).